The van der Waals surface area contributed by atoms with Crippen LogP contribution in [0.5, 0.6) is 0 Å². The lowest BCUT2D eigenvalue weighted by atomic mass is 9.54. The van der Waals surface area contributed by atoms with E-state index >= 15 is 0 Å². The van der Waals surface area contributed by atoms with Gasteiger partial charge in [-0.3, -0.25) is 0 Å². The van der Waals surface area contributed by atoms with Crippen LogP contribution in [0, 0.1) is 34.5 Å². The Morgan fingerprint density at radius 2 is 2.23 bits per heavy atom. The van der Waals surface area contributed by atoms with Gasteiger partial charge in [0, 0.05) is 11.3 Å². The van der Waals surface area contributed by atoms with Gasteiger partial charge in [-0.15, -0.1) is 0 Å². The molecule has 4 rings (SSSR count). The van der Waals surface area contributed by atoms with E-state index in [4.69, 9.17) is 4.74 Å². The van der Waals surface area contributed by atoms with Crippen molar-refractivity contribution in [2.75, 3.05) is 6.61 Å². The molecule has 2 unspecified atom stereocenters. The Hall–Kier alpha value is -0.600. The van der Waals surface area contributed by atoms with Crippen LogP contribution < -0.4 is 0 Å². The van der Waals surface area contributed by atoms with Crippen LogP contribution >= 0.6 is 0 Å². The van der Waals surface area contributed by atoms with Crippen molar-refractivity contribution in [1.29, 1.82) is 0 Å². The van der Waals surface area contributed by atoms with Gasteiger partial charge in [0.15, 0.2) is 0 Å². The molecule has 1 aliphatic heterocycles. The Balaban J connectivity index is 1.56. The van der Waals surface area contributed by atoms with Crippen LogP contribution in [0.2, 0.25) is 0 Å². The second-order valence-corrected chi connectivity index (χ2v) is 8.78. The van der Waals surface area contributed by atoms with Gasteiger partial charge in [-0.05, 0) is 56.3 Å². The van der Waals surface area contributed by atoms with Gasteiger partial charge >= 0.3 is 0 Å². The Kier molecular flexibility index (Phi) is 3.20. The summed E-state index contributed by atoms with van der Waals surface area (Å²) in [6, 6.07) is 0. The van der Waals surface area contributed by atoms with Gasteiger partial charge in [0.25, 0.3) is 0 Å². The highest BCUT2D eigenvalue weighted by atomic mass is 16.5. The van der Waals surface area contributed by atoms with Crippen molar-refractivity contribution in [2.45, 2.75) is 59.2 Å². The minimum absolute atomic E-state index is 0.166. The van der Waals surface area contributed by atoms with E-state index in [1.54, 1.807) is 0 Å². The van der Waals surface area contributed by atoms with E-state index < -0.39 is 0 Å². The van der Waals surface area contributed by atoms with Crippen molar-refractivity contribution in [2.24, 2.45) is 34.5 Å². The smallest absolute Gasteiger partial charge is 0.0719 e. The summed E-state index contributed by atoms with van der Waals surface area (Å²) in [7, 11) is 0. The standard InChI is InChI=1S/C20H30O2/c1-12(2)6-5-7-13(3)17-15-11-22-18-14-8-9-19(4,10-16(17)21)20(14,15)18/h6,8-9,13-18,21H,5,7,10-11H2,1-4H3/t13-,14?,15?,16-,17+,18+,19+,20-/m1/s1. The third kappa shape index (κ3) is 1.69. The number of fused-ring (bicyclic) bond motifs is 1. The second-order valence-electron chi connectivity index (χ2n) is 8.78. The topological polar surface area (TPSA) is 29.5 Å². The maximum Gasteiger partial charge on any atom is 0.0719 e. The van der Waals surface area contributed by atoms with E-state index in [0.717, 1.165) is 19.4 Å². The van der Waals surface area contributed by atoms with Gasteiger partial charge in [0.05, 0.1) is 18.8 Å². The number of hydrogen-bond donors (Lipinski definition) is 1. The monoisotopic (exact) mass is 302 g/mol. The maximum absolute atomic E-state index is 10.9. The van der Waals surface area contributed by atoms with Crippen molar-refractivity contribution in [3.8, 4) is 0 Å². The fraction of sp³-hybridized carbons (Fsp3) is 0.800. The number of aliphatic hydroxyl groups excluding tert-OH is 1. The summed E-state index contributed by atoms with van der Waals surface area (Å²) in [5.74, 6) is 2.16. The van der Waals surface area contributed by atoms with Gasteiger partial charge in [-0.1, -0.05) is 37.6 Å². The molecule has 0 radical (unpaired) electrons. The molecule has 2 heteroatoms. The summed E-state index contributed by atoms with van der Waals surface area (Å²) in [5, 5.41) is 10.9. The normalized spacial score (nSPS) is 52.1. The van der Waals surface area contributed by atoms with E-state index in [0.29, 0.717) is 35.2 Å². The Bertz CT molecular complexity index is 532. The van der Waals surface area contributed by atoms with Gasteiger partial charge < -0.3 is 9.84 Å². The molecule has 1 saturated heterocycles. The fourth-order valence-corrected chi connectivity index (χ4v) is 6.41. The van der Waals surface area contributed by atoms with Crippen LogP contribution in [-0.2, 0) is 4.74 Å². The largest absolute Gasteiger partial charge is 0.393 e. The van der Waals surface area contributed by atoms with Gasteiger partial charge in [0.2, 0.25) is 0 Å². The molecule has 1 spiro atoms. The predicted molar refractivity (Wildman–Crippen MR) is 88.3 cm³/mol. The zero-order valence-electron chi connectivity index (χ0n) is 14.4. The van der Waals surface area contributed by atoms with Crippen LogP contribution in [0.15, 0.2) is 23.8 Å². The predicted octanol–water partition coefficient (Wildman–Crippen LogP) is 3.96. The molecule has 1 N–H and O–H groups in total. The van der Waals surface area contributed by atoms with E-state index in [1.807, 2.05) is 0 Å². The van der Waals surface area contributed by atoms with Gasteiger partial charge in [-0.25, -0.2) is 0 Å². The molecule has 3 aliphatic carbocycles. The number of ether oxygens (including phenoxy) is 1. The SMILES string of the molecule is CC(C)=CCC[C@@H](C)[C@H]1C2CO[C@H]3C4C=C[C@@](C)(C[C@H]1O)[C@@]243. The zero-order chi connectivity index (χ0) is 15.7. The van der Waals surface area contributed by atoms with Crippen LogP contribution in [-0.4, -0.2) is 23.9 Å². The maximum atomic E-state index is 10.9. The molecule has 2 saturated carbocycles. The molecule has 0 aromatic carbocycles. The first-order chi connectivity index (χ1) is 10.4. The quantitative estimate of drug-likeness (QED) is 0.797. The molecule has 22 heavy (non-hydrogen) atoms. The van der Waals surface area contributed by atoms with Crippen molar-refractivity contribution < 1.29 is 9.84 Å². The van der Waals surface area contributed by atoms with E-state index in [9.17, 15) is 5.11 Å². The molecule has 0 amide bonds. The zero-order valence-corrected chi connectivity index (χ0v) is 14.4. The molecule has 2 nitrogen and oxygen atoms in total. The number of rotatable bonds is 4. The Morgan fingerprint density at radius 1 is 1.45 bits per heavy atom. The Labute approximate surface area is 134 Å². The molecule has 0 aromatic heterocycles. The highest BCUT2D eigenvalue weighted by Crippen LogP contribution is 2.80. The molecule has 0 aromatic rings. The fourth-order valence-electron chi connectivity index (χ4n) is 6.41. The summed E-state index contributed by atoms with van der Waals surface area (Å²) in [4.78, 5) is 0. The van der Waals surface area contributed by atoms with Crippen LogP contribution in [0.3, 0.4) is 0 Å². The molecule has 1 heterocycles. The third-order valence-electron chi connectivity index (χ3n) is 7.34. The molecular formula is C20H30O2. The van der Waals surface area contributed by atoms with E-state index in [-0.39, 0.29) is 11.5 Å². The summed E-state index contributed by atoms with van der Waals surface area (Å²) >= 11 is 0. The summed E-state index contributed by atoms with van der Waals surface area (Å²) in [6.07, 6.45) is 10.6. The lowest BCUT2D eigenvalue weighted by molar-refractivity contribution is -0.0807. The average Bonchev–Trinajstić information content (AvgIpc) is 2.71. The molecule has 3 fully saturated rings. The summed E-state index contributed by atoms with van der Waals surface area (Å²) in [6.45, 7) is 9.91. The third-order valence-corrected chi connectivity index (χ3v) is 7.34. The van der Waals surface area contributed by atoms with E-state index in [1.165, 1.54) is 12.0 Å². The highest BCUT2D eigenvalue weighted by molar-refractivity contribution is 5.40. The molecular weight excluding hydrogens is 272 g/mol. The van der Waals surface area contributed by atoms with Crippen molar-refractivity contribution in [3.63, 3.8) is 0 Å². The minimum Gasteiger partial charge on any atom is -0.393 e. The first-order valence-corrected chi connectivity index (χ1v) is 9.04. The molecule has 4 aliphatic rings. The van der Waals surface area contributed by atoms with Crippen LogP contribution in [0.25, 0.3) is 0 Å². The Morgan fingerprint density at radius 3 is 2.91 bits per heavy atom. The summed E-state index contributed by atoms with van der Waals surface area (Å²) < 4.78 is 6.16. The summed E-state index contributed by atoms with van der Waals surface area (Å²) in [5.41, 5.74) is 1.90. The molecule has 8 atom stereocenters. The first-order valence-electron chi connectivity index (χ1n) is 9.04. The number of allylic oxidation sites excluding steroid dienone is 3. The second kappa shape index (κ2) is 4.70. The highest BCUT2D eigenvalue weighted by Gasteiger charge is 2.83. The lowest BCUT2D eigenvalue weighted by Crippen LogP contribution is -2.51. The average molecular weight is 302 g/mol. The van der Waals surface area contributed by atoms with Crippen molar-refractivity contribution >= 4 is 0 Å². The number of aliphatic hydroxyl groups is 1. The first kappa shape index (κ1) is 15.0. The number of hydrogen-bond acceptors (Lipinski definition) is 2. The molecule has 0 bridgehead atoms. The van der Waals surface area contributed by atoms with Gasteiger partial charge in [0.1, 0.15) is 0 Å². The lowest BCUT2D eigenvalue weighted by Gasteiger charge is -2.50. The van der Waals surface area contributed by atoms with Gasteiger partial charge in [-0.2, -0.15) is 0 Å². The van der Waals surface area contributed by atoms with Crippen molar-refractivity contribution in [3.05, 3.63) is 23.8 Å². The molecule has 122 valence electrons. The van der Waals surface area contributed by atoms with Crippen LogP contribution in [0.4, 0.5) is 0 Å². The van der Waals surface area contributed by atoms with E-state index in [2.05, 4.69) is 45.9 Å². The van der Waals surface area contributed by atoms with Crippen LogP contribution in [0.1, 0.15) is 47.0 Å². The van der Waals surface area contributed by atoms with Crippen molar-refractivity contribution in [1.82, 2.24) is 0 Å². The minimum atomic E-state index is -0.173.